The smallest absolute Gasteiger partial charge is 0.189 e. The second kappa shape index (κ2) is 6.09. The molecule has 15 heavy (non-hydrogen) atoms. The molecule has 0 aliphatic carbocycles. The van der Waals surface area contributed by atoms with E-state index in [0.29, 0.717) is 19.0 Å². The van der Waals surface area contributed by atoms with Crippen LogP contribution in [0.3, 0.4) is 0 Å². The molecule has 80 valence electrons. The van der Waals surface area contributed by atoms with E-state index in [-0.39, 0.29) is 0 Å². The van der Waals surface area contributed by atoms with E-state index in [1.54, 1.807) is 6.08 Å². The van der Waals surface area contributed by atoms with Gasteiger partial charge in [0.15, 0.2) is 5.96 Å². The topological polar surface area (TPSA) is 50.4 Å². The number of guanidine groups is 1. The van der Waals surface area contributed by atoms with Crippen molar-refractivity contribution in [3.8, 4) is 0 Å². The molecule has 0 spiro atoms. The fraction of sp³-hybridized carbons (Fsp3) is 0.182. The normalized spacial score (nSPS) is 11.1. The lowest BCUT2D eigenvalue weighted by atomic mass is 10.2. The molecule has 0 aliphatic rings. The van der Waals surface area contributed by atoms with Gasteiger partial charge in [0.05, 0.1) is 6.54 Å². The molecule has 0 unspecified atom stereocenters. The third-order valence-corrected chi connectivity index (χ3v) is 2.02. The Kier molecular flexibility index (Phi) is 4.71. The van der Waals surface area contributed by atoms with Crippen LogP contribution in [0, 0.1) is 0 Å². The Morgan fingerprint density at radius 1 is 1.47 bits per heavy atom. The number of rotatable bonds is 4. The van der Waals surface area contributed by atoms with Crippen molar-refractivity contribution in [3.05, 3.63) is 47.5 Å². The summed E-state index contributed by atoms with van der Waals surface area (Å²) in [5, 5.41) is 3.62. The summed E-state index contributed by atoms with van der Waals surface area (Å²) in [6, 6.07) is 7.51. The highest BCUT2D eigenvalue weighted by atomic mass is 35.5. The van der Waals surface area contributed by atoms with Gasteiger partial charge in [-0.2, -0.15) is 0 Å². The van der Waals surface area contributed by atoms with Gasteiger partial charge in [-0.3, -0.25) is 0 Å². The fourth-order valence-electron chi connectivity index (χ4n) is 0.999. The lowest BCUT2D eigenvalue weighted by molar-refractivity contribution is 0.970. The number of hydrogen-bond acceptors (Lipinski definition) is 1. The first-order chi connectivity index (χ1) is 7.22. The number of nitrogens with zero attached hydrogens (tertiary/aromatic N) is 1. The third-order valence-electron chi connectivity index (χ3n) is 1.77. The highest BCUT2D eigenvalue weighted by Crippen LogP contribution is 2.09. The average molecular weight is 224 g/mol. The van der Waals surface area contributed by atoms with E-state index in [2.05, 4.69) is 16.9 Å². The highest BCUT2D eigenvalue weighted by Gasteiger charge is 1.92. The number of benzene rings is 1. The van der Waals surface area contributed by atoms with Crippen LogP contribution in [0.1, 0.15) is 5.56 Å². The van der Waals surface area contributed by atoms with Crippen molar-refractivity contribution in [2.45, 2.75) is 6.54 Å². The molecular weight excluding hydrogens is 210 g/mol. The van der Waals surface area contributed by atoms with Gasteiger partial charge in [-0.15, -0.1) is 6.58 Å². The lowest BCUT2D eigenvalue weighted by Gasteiger charge is -2.02. The van der Waals surface area contributed by atoms with Crippen molar-refractivity contribution in [1.82, 2.24) is 5.32 Å². The second-order valence-corrected chi connectivity index (χ2v) is 3.43. The van der Waals surface area contributed by atoms with Gasteiger partial charge in [0.25, 0.3) is 0 Å². The van der Waals surface area contributed by atoms with Gasteiger partial charge in [0, 0.05) is 11.6 Å². The molecule has 0 radical (unpaired) electrons. The van der Waals surface area contributed by atoms with Crippen molar-refractivity contribution in [1.29, 1.82) is 0 Å². The molecule has 0 fully saturated rings. The number of aliphatic imine (C=N–C) groups is 1. The summed E-state index contributed by atoms with van der Waals surface area (Å²) in [5.74, 6) is 0.421. The molecule has 4 heteroatoms. The van der Waals surface area contributed by atoms with Gasteiger partial charge in [-0.25, -0.2) is 4.99 Å². The van der Waals surface area contributed by atoms with E-state index in [0.717, 1.165) is 10.6 Å². The van der Waals surface area contributed by atoms with Crippen LogP contribution in [0.4, 0.5) is 0 Å². The van der Waals surface area contributed by atoms with Gasteiger partial charge >= 0.3 is 0 Å². The summed E-state index contributed by atoms with van der Waals surface area (Å²) in [5.41, 5.74) is 6.67. The monoisotopic (exact) mass is 223 g/mol. The Hall–Kier alpha value is -1.48. The molecular formula is C11H14ClN3. The first-order valence-electron chi connectivity index (χ1n) is 4.61. The summed E-state index contributed by atoms with van der Waals surface area (Å²) < 4.78 is 0. The average Bonchev–Trinajstić information content (AvgIpc) is 2.25. The molecule has 0 heterocycles. The maximum atomic E-state index is 5.76. The molecule has 0 aliphatic heterocycles. The predicted molar refractivity (Wildman–Crippen MR) is 65.0 cm³/mol. The third kappa shape index (κ3) is 4.51. The summed E-state index contributed by atoms with van der Waals surface area (Å²) in [7, 11) is 0. The maximum absolute atomic E-state index is 5.76. The van der Waals surface area contributed by atoms with E-state index in [1.807, 2.05) is 24.3 Å². The molecule has 3 nitrogen and oxygen atoms in total. The quantitative estimate of drug-likeness (QED) is 0.466. The molecule has 0 bridgehead atoms. The van der Waals surface area contributed by atoms with Crippen LogP contribution in [0.2, 0.25) is 5.02 Å². The Labute approximate surface area is 94.7 Å². The van der Waals surface area contributed by atoms with Crippen molar-refractivity contribution < 1.29 is 0 Å². The number of nitrogens with one attached hydrogen (secondary N) is 1. The first-order valence-corrected chi connectivity index (χ1v) is 4.99. The molecule has 1 aromatic carbocycles. The molecule has 1 rings (SSSR count). The number of halogens is 1. The summed E-state index contributed by atoms with van der Waals surface area (Å²) in [4.78, 5) is 4.15. The van der Waals surface area contributed by atoms with Crippen LogP contribution in [0.25, 0.3) is 0 Å². The van der Waals surface area contributed by atoms with Crippen molar-refractivity contribution in [2.75, 3.05) is 6.54 Å². The Morgan fingerprint density at radius 3 is 2.73 bits per heavy atom. The predicted octanol–water partition coefficient (Wildman–Crippen LogP) is 1.93. The standard InChI is InChI=1S/C11H14ClN3/c1-2-7-14-11(13)15-8-9-3-5-10(12)6-4-9/h2-6H,1,7-8H2,(H3,13,14,15). The Bertz CT molecular complexity index is 343. The second-order valence-electron chi connectivity index (χ2n) is 3.00. The van der Waals surface area contributed by atoms with Crippen LogP contribution in [0.15, 0.2) is 41.9 Å². The molecule has 3 N–H and O–H groups in total. The highest BCUT2D eigenvalue weighted by molar-refractivity contribution is 6.30. The van der Waals surface area contributed by atoms with Crippen LogP contribution in [0.5, 0.6) is 0 Å². The van der Waals surface area contributed by atoms with Crippen molar-refractivity contribution in [3.63, 3.8) is 0 Å². The Balaban J connectivity index is 2.48. The van der Waals surface area contributed by atoms with E-state index in [1.165, 1.54) is 0 Å². The number of hydrogen-bond donors (Lipinski definition) is 2. The van der Waals surface area contributed by atoms with Gasteiger partial charge in [0.2, 0.25) is 0 Å². The lowest BCUT2D eigenvalue weighted by Crippen LogP contribution is -2.31. The van der Waals surface area contributed by atoms with Crippen LogP contribution in [-0.2, 0) is 6.54 Å². The van der Waals surface area contributed by atoms with E-state index >= 15 is 0 Å². The number of nitrogens with two attached hydrogens (primary N) is 1. The zero-order valence-electron chi connectivity index (χ0n) is 8.41. The van der Waals surface area contributed by atoms with E-state index in [9.17, 15) is 0 Å². The van der Waals surface area contributed by atoms with Gasteiger partial charge in [-0.1, -0.05) is 29.8 Å². The zero-order valence-corrected chi connectivity index (χ0v) is 9.17. The molecule has 0 saturated carbocycles. The van der Waals surface area contributed by atoms with E-state index in [4.69, 9.17) is 17.3 Å². The summed E-state index contributed by atoms with van der Waals surface area (Å²) >= 11 is 5.76. The molecule has 1 aromatic rings. The maximum Gasteiger partial charge on any atom is 0.189 e. The Morgan fingerprint density at radius 2 is 2.13 bits per heavy atom. The summed E-state index contributed by atoms with van der Waals surface area (Å²) in [6.45, 7) is 4.74. The molecule has 0 amide bonds. The minimum atomic E-state index is 0.421. The summed E-state index contributed by atoms with van der Waals surface area (Å²) in [6.07, 6.45) is 1.73. The van der Waals surface area contributed by atoms with Crippen molar-refractivity contribution >= 4 is 17.6 Å². The minimum Gasteiger partial charge on any atom is -0.370 e. The largest absolute Gasteiger partial charge is 0.370 e. The van der Waals surface area contributed by atoms with Gasteiger partial charge in [-0.05, 0) is 17.7 Å². The SMILES string of the molecule is C=CCNC(N)=NCc1ccc(Cl)cc1. The van der Waals surface area contributed by atoms with Crippen LogP contribution < -0.4 is 11.1 Å². The van der Waals surface area contributed by atoms with Gasteiger partial charge in [0.1, 0.15) is 0 Å². The minimum absolute atomic E-state index is 0.421. The fourth-order valence-corrected chi connectivity index (χ4v) is 1.12. The van der Waals surface area contributed by atoms with Gasteiger partial charge < -0.3 is 11.1 Å². The molecule has 0 saturated heterocycles. The van der Waals surface area contributed by atoms with Crippen LogP contribution in [-0.4, -0.2) is 12.5 Å². The first kappa shape index (κ1) is 11.6. The molecule has 0 aromatic heterocycles. The van der Waals surface area contributed by atoms with Crippen molar-refractivity contribution in [2.24, 2.45) is 10.7 Å². The molecule has 0 atom stereocenters. The zero-order chi connectivity index (χ0) is 11.1. The van der Waals surface area contributed by atoms with Crippen LogP contribution >= 0.6 is 11.6 Å². The van der Waals surface area contributed by atoms with E-state index < -0.39 is 0 Å².